The molecule has 0 unspecified atom stereocenters. The Morgan fingerprint density at radius 1 is 1.10 bits per heavy atom. The number of halogens is 2. The summed E-state index contributed by atoms with van der Waals surface area (Å²) in [5.74, 6) is 5.42. The molecule has 2 aromatic carbocycles. The Morgan fingerprint density at radius 3 is 2.43 bits per heavy atom. The number of benzene rings is 2. The van der Waals surface area contributed by atoms with Crippen molar-refractivity contribution in [3.8, 4) is 11.8 Å². The van der Waals surface area contributed by atoms with E-state index in [1.807, 2.05) is 0 Å². The zero-order valence-electron chi connectivity index (χ0n) is 11.0. The Morgan fingerprint density at radius 2 is 1.81 bits per heavy atom. The van der Waals surface area contributed by atoms with Gasteiger partial charge in [-0.25, -0.2) is 0 Å². The summed E-state index contributed by atoms with van der Waals surface area (Å²) < 4.78 is 0. The fourth-order valence-electron chi connectivity index (χ4n) is 1.64. The first-order chi connectivity index (χ1) is 10.1. The largest absolute Gasteiger partial charge is 0.322 e. The van der Waals surface area contributed by atoms with E-state index in [0.29, 0.717) is 27.8 Å². The fourth-order valence-corrected chi connectivity index (χ4v) is 1.93. The van der Waals surface area contributed by atoms with Gasteiger partial charge in [-0.05, 0) is 42.5 Å². The van der Waals surface area contributed by atoms with Crippen LogP contribution in [0.1, 0.15) is 15.9 Å². The average Bonchev–Trinajstić information content (AvgIpc) is 2.49. The predicted molar refractivity (Wildman–Crippen MR) is 86.8 cm³/mol. The van der Waals surface area contributed by atoms with Crippen molar-refractivity contribution in [1.29, 1.82) is 0 Å². The molecule has 0 aromatic heterocycles. The Bertz CT molecular complexity index is 715. The van der Waals surface area contributed by atoms with E-state index < -0.39 is 0 Å². The minimum Gasteiger partial charge on any atom is -0.322 e. The van der Waals surface area contributed by atoms with Crippen LogP contribution >= 0.6 is 23.2 Å². The van der Waals surface area contributed by atoms with Crippen molar-refractivity contribution >= 4 is 34.8 Å². The van der Waals surface area contributed by atoms with Crippen molar-refractivity contribution in [3.63, 3.8) is 0 Å². The molecule has 0 radical (unpaired) electrons. The number of nitrogens with one attached hydrogen (secondary N) is 1. The second kappa shape index (κ2) is 7.14. The third kappa shape index (κ3) is 4.24. The van der Waals surface area contributed by atoms with Gasteiger partial charge < -0.3 is 11.1 Å². The van der Waals surface area contributed by atoms with Crippen LogP contribution in [0.2, 0.25) is 10.0 Å². The van der Waals surface area contributed by atoms with Crippen molar-refractivity contribution in [3.05, 3.63) is 63.6 Å². The van der Waals surface area contributed by atoms with Crippen molar-refractivity contribution < 1.29 is 4.79 Å². The number of carbonyl (C=O) groups excluding carboxylic acids is 1. The Kier molecular flexibility index (Phi) is 5.24. The van der Waals surface area contributed by atoms with Gasteiger partial charge in [0.25, 0.3) is 5.91 Å². The van der Waals surface area contributed by atoms with Gasteiger partial charge in [0, 0.05) is 16.8 Å². The molecule has 0 spiro atoms. The molecule has 0 bridgehead atoms. The first-order valence-corrected chi connectivity index (χ1v) is 6.91. The van der Waals surface area contributed by atoms with Crippen LogP contribution in [0.4, 0.5) is 5.69 Å². The summed E-state index contributed by atoms with van der Waals surface area (Å²) in [6, 6.07) is 11.9. The standard InChI is InChI=1S/C16H12Cl2N2O/c17-14-8-7-13(10-15(14)18)20-16(21)12-5-3-11(4-6-12)2-1-9-19/h3-8,10H,9,19H2,(H,20,21). The molecule has 0 atom stereocenters. The molecule has 0 aliphatic carbocycles. The summed E-state index contributed by atoms with van der Waals surface area (Å²) in [6.07, 6.45) is 0. The van der Waals surface area contributed by atoms with Crippen LogP contribution in [0.15, 0.2) is 42.5 Å². The molecule has 0 aliphatic rings. The zero-order chi connectivity index (χ0) is 15.2. The van der Waals surface area contributed by atoms with Crippen LogP contribution in [-0.4, -0.2) is 12.5 Å². The van der Waals surface area contributed by atoms with Gasteiger partial charge in [0.15, 0.2) is 0 Å². The van der Waals surface area contributed by atoms with Gasteiger partial charge >= 0.3 is 0 Å². The molecular weight excluding hydrogens is 307 g/mol. The second-order valence-corrected chi connectivity index (χ2v) is 4.98. The van der Waals surface area contributed by atoms with E-state index in [1.54, 1.807) is 42.5 Å². The van der Waals surface area contributed by atoms with Crippen molar-refractivity contribution in [2.75, 3.05) is 11.9 Å². The van der Waals surface area contributed by atoms with Crippen LogP contribution in [0.3, 0.4) is 0 Å². The quantitative estimate of drug-likeness (QED) is 0.832. The van der Waals surface area contributed by atoms with Crippen LogP contribution in [0.5, 0.6) is 0 Å². The molecule has 0 aliphatic heterocycles. The number of rotatable bonds is 2. The Hall–Kier alpha value is -1.99. The number of carbonyl (C=O) groups is 1. The topological polar surface area (TPSA) is 55.1 Å². The van der Waals surface area contributed by atoms with E-state index in [2.05, 4.69) is 17.2 Å². The number of nitrogens with two attached hydrogens (primary N) is 1. The first kappa shape index (κ1) is 15.4. The summed E-state index contributed by atoms with van der Waals surface area (Å²) in [5, 5.41) is 3.58. The first-order valence-electron chi connectivity index (χ1n) is 6.15. The number of hydrogen-bond donors (Lipinski definition) is 2. The lowest BCUT2D eigenvalue weighted by Gasteiger charge is -2.06. The highest BCUT2D eigenvalue weighted by Crippen LogP contribution is 2.25. The second-order valence-electron chi connectivity index (χ2n) is 4.17. The van der Waals surface area contributed by atoms with Gasteiger partial charge in [0.05, 0.1) is 16.6 Å². The molecular formula is C16H12Cl2N2O. The molecule has 2 aromatic rings. The lowest BCUT2D eigenvalue weighted by Crippen LogP contribution is -2.11. The van der Waals surface area contributed by atoms with E-state index in [0.717, 1.165) is 5.56 Å². The molecule has 1 amide bonds. The van der Waals surface area contributed by atoms with Gasteiger partial charge in [-0.15, -0.1) is 0 Å². The van der Waals surface area contributed by atoms with Crippen molar-refractivity contribution in [2.24, 2.45) is 5.73 Å². The lowest BCUT2D eigenvalue weighted by molar-refractivity contribution is 0.102. The zero-order valence-corrected chi connectivity index (χ0v) is 12.5. The predicted octanol–water partition coefficient (Wildman–Crippen LogP) is 3.56. The molecule has 21 heavy (non-hydrogen) atoms. The van der Waals surface area contributed by atoms with Gasteiger partial charge in [0.1, 0.15) is 0 Å². The third-order valence-corrected chi connectivity index (χ3v) is 3.40. The summed E-state index contributed by atoms with van der Waals surface area (Å²) in [4.78, 5) is 12.1. The van der Waals surface area contributed by atoms with Crippen molar-refractivity contribution in [2.45, 2.75) is 0 Å². The smallest absolute Gasteiger partial charge is 0.255 e. The van der Waals surface area contributed by atoms with E-state index >= 15 is 0 Å². The molecule has 106 valence electrons. The van der Waals surface area contributed by atoms with E-state index in [-0.39, 0.29) is 5.91 Å². The molecule has 3 nitrogen and oxygen atoms in total. The molecule has 0 saturated carbocycles. The van der Waals surface area contributed by atoms with Crippen LogP contribution < -0.4 is 11.1 Å². The maximum absolute atomic E-state index is 12.1. The van der Waals surface area contributed by atoms with Gasteiger partial charge in [-0.3, -0.25) is 4.79 Å². The van der Waals surface area contributed by atoms with Crippen LogP contribution in [0.25, 0.3) is 0 Å². The highest BCUT2D eigenvalue weighted by Gasteiger charge is 2.07. The number of anilines is 1. The Balaban J connectivity index is 2.11. The SMILES string of the molecule is NCC#Cc1ccc(C(=O)Nc2ccc(Cl)c(Cl)c2)cc1. The third-order valence-electron chi connectivity index (χ3n) is 2.66. The summed E-state index contributed by atoms with van der Waals surface area (Å²) in [5.41, 5.74) is 7.23. The van der Waals surface area contributed by atoms with Gasteiger partial charge in [-0.1, -0.05) is 35.0 Å². The highest BCUT2D eigenvalue weighted by atomic mass is 35.5. The summed E-state index contributed by atoms with van der Waals surface area (Å²) >= 11 is 11.7. The van der Waals surface area contributed by atoms with E-state index in [1.165, 1.54) is 0 Å². The normalized spacial score (nSPS) is 9.67. The van der Waals surface area contributed by atoms with Crippen LogP contribution in [0, 0.1) is 11.8 Å². The monoisotopic (exact) mass is 318 g/mol. The van der Waals surface area contributed by atoms with Gasteiger partial charge in [0.2, 0.25) is 0 Å². The minimum atomic E-state index is -0.230. The lowest BCUT2D eigenvalue weighted by atomic mass is 10.1. The molecule has 0 saturated heterocycles. The maximum atomic E-state index is 12.1. The van der Waals surface area contributed by atoms with Crippen LogP contribution in [-0.2, 0) is 0 Å². The summed E-state index contributed by atoms with van der Waals surface area (Å²) in [7, 11) is 0. The molecule has 3 N–H and O–H groups in total. The number of amides is 1. The van der Waals surface area contributed by atoms with E-state index in [4.69, 9.17) is 28.9 Å². The summed E-state index contributed by atoms with van der Waals surface area (Å²) in [6.45, 7) is 0.305. The average molecular weight is 319 g/mol. The fraction of sp³-hybridized carbons (Fsp3) is 0.0625. The Labute approximate surface area is 133 Å². The highest BCUT2D eigenvalue weighted by molar-refractivity contribution is 6.42. The van der Waals surface area contributed by atoms with E-state index in [9.17, 15) is 4.79 Å². The van der Waals surface area contributed by atoms with Gasteiger partial charge in [-0.2, -0.15) is 0 Å². The molecule has 2 rings (SSSR count). The molecule has 0 heterocycles. The number of hydrogen-bond acceptors (Lipinski definition) is 2. The maximum Gasteiger partial charge on any atom is 0.255 e. The molecule has 5 heteroatoms. The molecule has 0 fully saturated rings. The van der Waals surface area contributed by atoms with Crippen molar-refractivity contribution in [1.82, 2.24) is 0 Å². The minimum absolute atomic E-state index is 0.230.